The van der Waals surface area contributed by atoms with Gasteiger partial charge in [-0.2, -0.15) is 0 Å². The maximum Gasteiger partial charge on any atom is 0.335 e. The van der Waals surface area contributed by atoms with Gasteiger partial charge in [0.25, 0.3) is 5.91 Å². The number of carbonyl (C=O) groups is 2. The van der Waals surface area contributed by atoms with Gasteiger partial charge >= 0.3 is 5.97 Å². The molecule has 0 aliphatic heterocycles. The zero-order valence-electron chi connectivity index (χ0n) is 11.0. The molecule has 0 saturated heterocycles. The molecule has 0 unspecified atom stereocenters. The Morgan fingerprint density at radius 3 is 2.57 bits per heavy atom. The molecule has 108 valence electrons. The summed E-state index contributed by atoms with van der Waals surface area (Å²) in [6.07, 6.45) is 0. The Bertz CT molecular complexity index is 731. The van der Waals surface area contributed by atoms with Gasteiger partial charge in [0.1, 0.15) is 5.82 Å². The van der Waals surface area contributed by atoms with E-state index in [9.17, 15) is 14.0 Å². The lowest BCUT2D eigenvalue weighted by molar-refractivity contribution is 0.0696. The summed E-state index contributed by atoms with van der Waals surface area (Å²) in [5.74, 6) is -2.45. The number of amides is 1. The molecular weight excluding hydrogens is 388 g/mol. The van der Waals surface area contributed by atoms with Gasteiger partial charge in [-0.05, 0) is 59.3 Å². The van der Waals surface area contributed by atoms with E-state index in [2.05, 4.69) is 27.9 Å². The summed E-state index contributed by atoms with van der Waals surface area (Å²) < 4.78 is 14.6. The molecule has 0 bridgehead atoms. The van der Waals surface area contributed by atoms with Crippen molar-refractivity contribution in [3.63, 3.8) is 0 Å². The zero-order chi connectivity index (χ0) is 15.6. The lowest BCUT2D eigenvalue weighted by Crippen LogP contribution is -2.15. The number of aryl methyl sites for hydroxylation is 1. The number of hydrogen-bond acceptors (Lipinski definition) is 2. The molecule has 1 amide bonds. The Kier molecular flexibility index (Phi) is 4.56. The molecule has 0 aromatic heterocycles. The molecule has 0 radical (unpaired) electrons. The average molecular weight is 399 g/mol. The van der Waals surface area contributed by atoms with Crippen molar-refractivity contribution in [3.8, 4) is 0 Å². The fourth-order valence-electron chi connectivity index (χ4n) is 1.76. The summed E-state index contributed by atoms with van der Waals surface area (Å²) >= 11 is 2.05. The van der Waals surface area contributed by atoms with Gasteiger partial charge in [0.2, 0.25) is 0 Å². The number of halogens is 2. The maximum atomic E-state index is 13.8. The minimum atomic E-state index is -1.22. The number of carbonyl (C=O) groups excluding carboxylic acids is 1. The van der Waals surface area contributed by atoms with E-state index >= 15 is 0 Å². The number of rotatable bonds is 3. The van der Waals surface area contributed by atoms with E-state index in [1.165, 1.54) is 12.1 Å². The van der Waals surface area contributed by atoms with E-state index in [0.29, 0.717) is 5.56 Å². The van der Waals surface area contributed by atoms with Crippen LogP contribution >= 0.6 is 22.6 Å². The van der Waals surface area contributed by atoms with E-state index in [1.54, 1.807) is 12.1 Å². The molecule has 6 heteroatoms. The molecule has 0 spiro atoms. The number of aromatic carboxylic acids is 1. The maximum absolute atomic E-state index is 13.8. The van der Waals surface area contributed by atoms with Crippen LogP contribution in [0.25, 0.3) is 0 Å². The predicted octanol–water partition coefficient (Wildman–Crippen LogP) is 3.69. The molecule has 0 heterocycles. The van der Waals surface area contributed by atoms with Crippen molar-refractivity contribution in [3.05, 3.63) is 62.5 Å². The number of carboxylic acids is 1. The number of nitrogens with one attached hydrogen (secondary N) is 1. The van der Waals surface area contributed by atoms with Crippen LogP contribution in [0.1, 0.15) is 26.3 Å². The molecular formula is C15H11FINO3. The second-order valence-electron chi connectivity index (χ2n) is 4.39. The van der Waals surface area contributed by atoms with Crippen LogP contribution in [0.2, 0.25) is 0 Å². The van der Waals surface area contributed by atoms with Crippen LogP contribution in [0.3, 0.4) is 0 Å². The number of anilines is 1. The van der Waals surface area contributed by atoms with Crippen LogP contribution in [0, 0.1) is 16.3 Å². The minimum absolute atomic E-state index is 0.0534. The molecule has 0 fully saturated rings. The third kappa shape index (κ3) is 3.38. The Labute approximate surface area is 134 Å². The first-order valence-corrected chi connectivity index (χ1v) is 7.07. The predicted molar refractivity (Wildman–Crippen MR) is 85.2 cm³/mol. The van der Waals surface area contributed by atoms with Crippen LogP contribution in [-0.2, 0) is 0 Å². The second kappa shape index (κ2) is 6.21. The molecule has 4 nitrogen and oxygen atoms in total. The first-order chi connectivity index (χ1) is 9.90. The summed E-state index contributed by atoms with van der Waals surface area (Å²) in [7, 11) is 0. The zero-order valence-corrected chi connectivity index (χ0v) is 13.1. The van der Waals surface area contributed by atoms with Gasteiger partial charge in [-0.25, -0.2) is 9.18 Å². The fourth-order valence-corrected chi connectivity index (χ4v) is 2.37. The molecule has 2 N–H and O–H groups in total. The lowest BCUT2D eigenvalue weighted by Gasteiger charge is -2.09. The number of carboxylic acid groups (broad SMARTS) is 1. The number of hydrogen-bond donors (Lipinski definition) is 2. The van der Waals surface area contributed by atoms with E-state index in [0.717, 1.165) is 15.2 Å². The van der Waals surface area contributed by atoms with Crippen molar-refractivity contribution >= 4 is 40.2 Å². The van der Waals surface area contributed by atoms with Crippen LogP contribution in [0.5, 0.6) is 0 Å². The van der Waals surface area contributed by atoms with Crippen LogP contribution in [-0.4, -0.2) is 17.0 Å². The number of benzene rings is 2. The first-order valence-electron chi connectivity index (χ1n) is 5.99. The van der Waals surface area contributed by atoms with Gasteiger partial charge in [0.15, 0.2) is 0 Å². The van der Waals surface area contributed by atoms with Crippen LogP contribution in [0.15, 0.2) is 36.4 Å². The van der Waals surface area contributed by atoms with Crippen LogP contribution in [0.4, 0.5) is 10.1 Å². The molecule has 2 aromatic carbocycles. The summed E-state index contributed by atoms with van der Waals surface area (Å²) in [6, 6.07) is 8.62. The topological polar surface area (TPSA) is 66.4 Å². The van der Waals surface area contributed by atoms with Crippen molar-refractivity contribution in [2.45, 2.75) is 6.92 Å². The minimum Gasteiger partial charge on any atom is -0.478 e. The highest BCUT2D eigenvalue weighted by Gasteiger charge is 2.14. The second-order valence-corrected chi connectivity index (χ2v) is 5.47. The molecule has 0 saturated carbocycles. The van der Waals surface area contributed by atoms with Crippen LogP contribution < -0.4 is 5.32 Å². The van der Waals surface area contributed by atoms with Gasteiger partial charge in [-0.3, -0.25) is 4.79 Å². The highest BCUT2D eigenvalue weighted by atomic mass is 127. The van der Waals surface area contributed by atoms with E-state index < -0.39 is 17.7 Å². The standard InChI is InChI=1S/C15H11FINO3/c1-8-3-2-4-10(13(8)17)14(19)18-12-6-5-9(15(20)21)7-11(12)16/h2-7H,1H3,(H,18,19)(H,20,21). The molecule has 0 aliphatic rings. The van der Waals surface area contributed by atoms with Crippen molar-refractivity contribution in [1.82, 2.24) is 0 Å². The molecule has 2 rings (SSSR count). The smallest absolute Gasteiger partial charge is 0.335 e. The Morgan fingerprint density at radius 2 is 1.95 bits per heavy atom. The molecule has 21 heavy (non-hydrogen) atoms. The van der Waals surface area contributed by atoms with Crippen molar-refractivity contribution in [2.75, 3.05) is 5.32 Å². The summed E-state index contributed by atoms with van der Waals surface area (Å²) in [5.41, 5.74) is 1.17. The largest absolute Gasteiger partial charge is 0.478 e. The van der Waals surface area contributed by atoms with Crippen molar-refractivity contribution in [1.29, 1.82) is 0 Å². The van der Waals surface area contributed by atoms with Gasteiger partial charge in [-0.15, -0.1) is 0 Å². The quantitative estimate of drug-likeness (QED) is 0.774. The Balaban J connectivity index is 2.28. The van der Waals surface area contributed by atoms with Crippen molar-refractivity contribution < 1.29 is 19.1 Å². The Hall–Kier alpha value is -1.96. The lowest BCUT2D eigenvalue weighted by atomic mass is 10.1. The van der Waals surface area contributed by atoms with Gasteiger partial charge in [-0.1, -0.05) is 12.1 Å². The highest BCUT2D eigenvalue weighted by Crippen LogP contribution is 2.20. The SMILES string of the molecule is Cc1cccc(C(=O)Nc2ccc(C(=O)O)cc2F)c1I. The van der Waals surface area contributed by atoms with Gasteiger partial charge in [0.05, 0.1) is 16.8 Å². The first kappa shape index (κ1) is 15.4. The normalized spacial score (nSPS) is 10.2. The van der Waals surface area contributed by atoms with E-state index in [-0.39, 0.29) is 11.3 Å². The average Bonchev–Trinajstić information content (AvgIpc) is 2.43. The molecule has 2 aromatic rings. The monoisotopic (exact) mass is 399 g/mol. The summed E-state index contributed by atoms with van der Waals surface area (Å²) in [6.45, 7) is 1.88. The van der Waals surface area contributed by atoms with E-state index in [1.807, 2.05) is 13.0 Å². The van der Waals surface area contributed by atoms with E-state index in [4.69, 9.17) is 5.11 Å². The molecule has 0 atom stereocenters. The third-order valence-corrected chi connectivity index (χ3v) is 4.33. The van der Waals surface area contributed by atoms with Gasteiger partial charge < -0.3 is 10.4 Å². The summed E-state index contributed by atoms with van der Waals surface area (Å²) in [4.78, 5) is 22.9. The summed E-state index contributed by atoms with van der Waals surface area (Å²) in [5, 5.41) is 11.2. The highest BCUT2D eigenvalue weighted by molar-refractivity contribution is 14.1. The fraction of sp³-hybridized carbons (Fsp3) is 0.0667. The Morgan fingerprint density at radius 1 is 1.24 bits per heavy atom. The molecule has 0 aliphatic carbocycles. The van der Waals surface area contributed by atoms with Gasteiger partial charge in [0, 0.05) is 3.57 Å². The third-order valence-electron chi connectivity index (χ3n) is 2.90. The van der Waals surface area contributed by atoms with Crippen molar-refractivity contribution in [2.24, 2.45) is 0 Å².